The Hall–Kier alpha value is -1.21. The van der Waals surface area contributed by atoms with E-state index in [0.717, 1.165) is 56.1 Å². The molecule has 3 aliphatic heterocycles. The van der Waals surface area contributed by atoms with E-state index in [1.54, 1.807) is 7.11 Å². The molecule has 1 N–H and O–H groups in total. The number of amides is 1. The summed E-state index contributed by atoms with van der Waals surface area (Å²) in [4.78, 5) is 17.8. The topological polar surface area (TPSA) is 54.0 Å². The molecule has 3 aliphatic rings. The molecule has 0 bridgehead atoms. The number of hydrogen-bond donors (Lipinski definition) is 1. The van der Waals surface area contributed by atoms with Gasteiger partial charge in [0.15, 0.2) is 11.5 Å². The van der Waals surface area contributed by atoms with E-state index in [0.29, 0.717) is 18.6 Å². The predicted octanol–water partition coefficient (Wildman–Crippen LogP) is 2.72. The second-order valence-electron chi connectivity index (χ2n) is 8.30. The average Bonchev–Trinajstić information content (AvgIpc) is 2.97. The molecular formula is C21H33Cl2N3O3. The summed E-state index contributed by atoms with van der Waals surface area (Å²) >= 11 is 0. The monoisotopic (exact) mass is 445 g/mol. The number of likely N-dealkylation sites (N-methyl/N-ethyl adjacent to an activating group) is 1. The minimum absolute atomic E-state index is 0. The smallest absolute Gasteiger partial charge is 0.240 e. The Bertz CT molecular complexity index is 698. The van der Waals surface area contributed by atoms with Crippen molar-refractivity contribution in [1.29, 1.82) is 0 Å². The van der Waals surface area contributed by atoms with Crippen LogP contribution in [0, 0.1) is 5.41 Å². The van der Waals surface area contributed by atoms with Gasteiger partial charge >= 0.3 is 0 Å². The first kappa shape index (κ1) is 24.1. The number of piperidine rings is 1. The number of methoxy groups -OCH3 is 1. The number of rotatable bonds is 2. The SMILES string of the molecule is COc1cccc2c1OCCCN(C(=O)C1CC3(CCNCC3)CN1C)C2.Cl.Cl. The van der Waals surface area contributed by atoms with Crippen LogP contribution in [0.25, 0.3) is 0 Å². The molecule has 2 fully saturated rings. The average molecular weight is 446 g/mol. The Labute approximate surface area is 186 Å². The zero-order valence-electron chi connectivity index (χ0n) is 17.3. The van der Waals surface area contributed by atoms with Crippen molar-refractivity contribution in [3.05, 3.63) is 23.8 Å². The first-order chi connectivity index (χ1) is 13.1. The summed E-state index contributed by atoms with van der Waals surface area (Å²) in [6, 6.07) is 5.92. The highest BCUT2D eigenvalue weighted by molar-refractivity contribution is 5.85. The number of carbonyl (C=O) groups is 1. The van der Waals surface area contributed by atoms with Crippen LogP contribution < -0.4 is 14.8 Å². The van der Waals surface area contributed by atoms with Crippen LogP contribution in [0.5, 0.6) is 11.5 Å². The van der Waals surface area contributed by atoms with Crippen LogP contribution in [0.2, 0.25) is 0 Å². The van der Waals surface area contributed by atoms with E-state index in [2.05, 4.69) is 17.3 Å². The minimum atomic E-state index is -0.00231. The highest BCUT2D eigenvalue weighted by atomic mass is 35.5. The van der Waals surface area contributed by atoms with E-state index in [9.17, 15) is 4.79 Å². The van der Waals surface area contributed by atoms with Crippen LogP contribution >= 0.6 is 24.8 Å². The van der Waals surface area contributed by atoms with Gasteiger partial charge in [-0.15, -0.1) is 24.8 Å². The molecule has 4 rings (SSSR count). The molecule has 6 nitrogen and oxygen atoms in total. The van der Waals surface area contributed by atoms with Crippen LogP contribution in [0.15, 0.2) is 18.2 Å². The quantitative estimate of drug-likeness (QED) is 0.758. The molecule has 0 aromatic heterocycles. The van der Waals surface area contributed by atoms with Crippen LogP contribution in [0.3, 0.4) is 0 Å². The number of nitrogens with one attached hydrogen (secondary N) is 1. The third-order valence-electron chi connectivity index (χ3n) is 6.46. The molecule has 164 valence electrons. The molecule has 0 radical (unpaired) electrons. The lowest BCUT2D eigenvalue weighted by Crippen LogP contribution is -2.45. The van der Waals surface area contributed by atoms with Gasteiger partial charge in [0.2, 0.25) is 5.91 Å². The van der Waals surface area contributed by atoms with Gasteiger partial charge in [0, 0.05) is 25.2 Å². The zero-order valence-corrected chi connectivity index (χ0v) is 18.9. The van der Waals surface area contributed by atoms with Crippen molar-refractivity contribution in [3.8, 4) is 11.5 Å². The number of likely N-dealkylation sites (tertiary alicyclic amines) is 1. The molecule has 29 heavy (non-hydrogen) atoms. The van der Waals surface area contributed by atoms with Crippen molar-refractivity contribution in [2.75, 3.05) is 46.9 Å². The molecule has 0 saturated carbocycles. The number of nitrogens with zero attached hydrogens (tertiary/aromatic N) is 2. The number of halogens is 2. The van der Waals surface area contributed by atoms with Crippen molar-refractivity contribution in [3.63, 3.8) is 0 Å². The molecule has 1 spiro atoms. The molecule has 1 atom stereocenters. The number of para-hydroxylation sites is 1. The fraction of sp³-hybridized carbons (Fsp3) is 0.667. The van der Waals surface area contributed by atoms with Crippen LogP contribution in [0.1, 0.15) is 31.2 Å². The predicted molar refractivity (Wildman–Crippen MR) is 119 cm³/mol. The van der Waals surface area contributed by atoms with Gasteiger partial charge in [0.05, 0.1) is 19.8 Å². The molecule has 3 heterocycles. The van der Waals surface area contributed by atoms with Crippen molar-refractivity contribution in [2.45, 2.75) is 38.3 Å². The lowest BCUT2D eigenvalue weighted by Gasteiger charge is -2.33. The Morgan fingerprint density at radius 3 is 2.76 bits per heavy atom. The standard InChI is InChI=1S/C21H31N3O3.2ClH/c1-23-15-21(7-9-22-10-8-21)13-17(23)20(25)24-11-4-12-27-19-16(14-24)5-3-6-18(19)26-2;;/h3,5-6,17,22H,4,7-15H2,1-2H3;2*1H. The van der Waals surface area contributed by atoms with E-state index in [4.69, 9.17) is 9.47 Å². The fourth-order valence-electron chi connectivity index (χ4n) is 4.99. The Morgan fingerprint density at radius 2 is 2.03 bits per heavy atom. The third kappa shape index (κ3) is 4.93. The maximum Gasteiger partial charge on any atom is 0.240 e. The molecule has 1 amide bonds. The normalized spacial score (nSPS) is 23.7. The van der Waals surface area contributed by atoms with Crippen LogP contribution in [-0.4, -0.2) is 68.7 Å². The number of hydrogen-bond acceptors (Lipinski definition) is 5. The van der Waals surface area contributed by atoms with E-state index >= 15 is 0 Å². The second-order valence-corrected chi connectivity index (χ2v) is 8.30. The molecule has 2 saturated heterocycles. The van der Waals surface area contributed by atoms with E-state index in [1.807, 2.05) is 23.1 Å². The maximum atomic E-state index is 13.5. The van der Waals surface area contributed by atoms with Crippen molar-refractivity contribution in [1.82, 2.24) is 15.1 Å². The molecule has 1 aromatic carbocycles. The first-order valence-electron chi connectivity index (χ1n) is 10.1. The van der Waals surface area contributed by atoms with Crippen LogP contribution in [-0.2, 0) is 11.3 Å². The lowest BCUT2D eigenvalue weighted by molar-refractivity contribution is -0.136. The summed E-state index contributed by atoms with van der Waals surface area (Å²) in [6.45, 7) is 5.12. The molecule has 1 unspecified atom stereocenters. The summed E-state index contributed by atoms with van der Waals surface area (Å²) in [5, 5.41) is 3.46. The van der Waals surface area contributed by atoms with Crippen molar-refractivity contribution in [2.24, 2.45) is 5.41 Å². The summed E-state index contributed by atoms with van der Waals surface area (Å²) in [6.07, 6.45) is 4.18. The summed E-state index contributed by atoms with van der Waals surface area (Å²) in [7, 11) is 3.77. The van der Waals surface area contributed by atoms with Gasteiger partial charge in [-0.2, -0.15) is 0 Å². The number of carbonyl (C=O) groups excluding carboxylic acids is 1. The van der Waals surface area contributed by atoms with E-state index in [-0.39, 0.29) is 36.8 Å². The number of fused-ring (bicyclic) bond motifs is 1. The van der Waals surface area contributed by atoms with Gasteiger partial charge in [-0.3, -0.25) is 9.69 Å². The second kappa shape index (κ2) is 10.2. The van der Waals surface area contributed by atoms with Gasteiger partial charge in [-0.1, -0.05) is 12.1 Å². The fourth-order valence-corrected chi connectivity index (χ4v) is 4.99. The third-order valence-corrected chi connectivity index (χ3v) is 6.46. The van der Waals surface area contributed by atoms with Crippen molar-refractivity contribution < 1.29 is 14.3 Å². The highest BCUT2D eigenvalue weighted by Gasteiger charge is 2.46. The van der Waals surface area contributed by atoms with Crippen molar-refractivity contribution >= 4 is 30.7 Å². The Balaban J connectivity index is 0.00000150. The largest absolute Gasteiger partial charge is 0.493 e. The van der Waals surface area contributed by atoms with Gasteiger partial charge in [0.25, 0.3) is 0 Å². The van der Waals surface area contributed by atoms with Gasteiger partial charge < -0.3 is 19.7 Å². The van der Waals surface area contributed by atoms with Crippen LogP contribution in [0.4, 0.5) is 0 Å². The molecule has 8 heteroatoms. The Kier molecular flexibility index (Phi) is 8.47. The van der Waals surface area contributed by atoms with Gasteiger partial charge in [0.1, 0.15) is 0 Å². The van der Waals surface area contributed by atoms with Gasteiger partial charge in [-0.25, -0.2) is 0 Å². The molecular weight excluding hydrogens is 413 g/mol. The zero-order chi connectivity index (χ0) is 18.9. The molecule has 1 aromatic rings. The lowest BCUT2D eigenvalue weighted by atomic mass is 9.77. The van der Waals surface area contributed by atoms with E-state index < -0.39 is 0 Å². The van der Waals surface area contributed by atoms with Gasteiger partial charge in [-0.05, 0) is 57.3 Å². The summed E-state index contributed by atoms with van der Waals surface area (Å²) in [5.74, 6) is 1.80. The van der Waals surface area contributed by atoms with E-state index in [1.165, 1.54) is 12.8 Å². The highest BCUT2D eigenvalue weighted by Crippen LogP contribution is 2.42. The first-order valence-corrected chi connectivity index (χ1v) is 10.1. The molecule has 0 aliphatic carbocycles. The Morgan fingerprint density at radius 1 is 1.28 bits per heavy atom. The minimum Gasteiger partial charge on any atom is -0.493 e. The maximum absolute atomic E-state index is 13.5. The number of ether oxygens (including phenoxy) is 2. The summed E-state index contributed by atoms with van der Waals surface area (Å²) < 4.78 is 11.4. The summed E-state index contributed by atoms with van der Waals surface area (Å²) in [5.41, 5.74) is 1.34. The number of benzene rings is 1.